The fourth-order valence-corrected chi connectivity index (χ4v) is 7.16. The van der Waals surface area contributed by atoms with E-state index in [2.05, 4.69) is 0 Å². The van der Waals surface area contributed by atoms with Crippen molar-refractivity contribution in [2.24, 2.45) is 0 Å². The van der Waals surface area contributed by atoms with E-state index in [0.717, 1.165) is 22.3 Å². The van der Waals surface area contributed by atoms with E-state index in [1.54, 1.807) is 60.7 Å². The molecule has 264 valence electrons. The topological polar surface area (TPSA) is 125 Å². The molecule has 0 spiro atoms. The Hall–Kier alpha value is -7.17. The van der Waals surface area contributed by atoms with Gasteiger partial charge in [-0.2, -0.15) is 0 Å². The van der Waals surface area contributed by atoms with Crippen molar-refractivity contribution >= 4 is 21.8 Å². The van der Waals surface area contributed by atoms with Crippen LogP contribution in [0.2, 0.25) is 0 Å². The number of ether oxygens (including phenoxy) is 4. The molecule has 8 rings (SSSR count). The number of sulfone groups is 1. The zero-order valence-electron chi connectivity index (χ0n) is 28.2. The number of phenolic OH excluding ortho intramolecular Hbond substituents is 1. The number of aromatic hydroxyl groups is 1. The van der Waals surface area contributed by atoms with Gasteiger partial charge in [0.2, 0.25) is 9.84 Å². The number of hydrogen-bond acceptors (Lipinski definition) is 9. The van der Waals surface area contributed by atoms with Crippen LogP contribution >= 0.6 is 0 Å². The molecule has 0 saturated carbocycles. The number of rotatable bonds is 10. The van der Waals surface area contributed by atoms with Gasteiger partial charge in [0.05, 0.1) is 15.4 Å². The Morgan fingerprint density at radius 3 is 1.22 bits per heavy atom. The maximum Gasteiger partial charge on any atom is 0.350 e. The molecule has 0 amide bonds. The van der Waals surface area contributed by atoms with Gasteiger partial charge in [0.15, 0.2) is 0 Å². The van der Waals surface area contributed by atoms with Gasteiger partial charge >= 0.3 is 11.9 Å². The molecule has 0 bridgehead atoms. The van der Waals surface area contributed by atoms with Crippen LogP contribution in [0.3, 0.4) is 0 Å². The first-order chi connectivity index (χ1) is 26.2. The zero-order chi connectivity index (χ0) is 37.2. The number of carbonyl (C=O) groups excluding carboxylic acids is 2. The van der Waals surface area contributed by atoms with Gasteiger partial charge in [0.25, 0.3) is 0 Å². The van der Waals surface area contributed by atoms with Gasteiger partial charge in [-0.3, -0.25) is 0 Å². The summed E-state index contributed by atoms with van der Waals surface area (Å²) in [5, 5.41) is 9.52. The molecule has 0 fully saturated rings. The Bertz CT molecular complexity index is 2600. The molecule has 1 aliphatic rings. The van der Waals surface area contributed by atoms with Crippen molar-refractivity contribution in [2.45, 2.75) is 9.79 Å². The van der Waals surface area contributed by atoms with E-state index in [1.807, 2.05) is 72.8 Å². The summed E-state index contributed by atoms with van der Waals surface area (Å²) in [7, 11) is -3.79. The summed E-state index contributed by atoms with van der Waals surface area (Å²) in [5.41, 5.74) is 4.05. The minimum Gasteiger partial charge on any atom is -0.508 e. The summed E-state index contributed by atoms with van der Waals surface area (Å²) in [6.07, 6.45) is 0. The quantitative estimate of drug-likeness (QED) is 0.108. The van der Waals surface area contributed by atoms with Crippen LogP contribution in [0.5, 0.6) is 40.2 Å². The van der Waals surface area contributed by atoms with Crippen molar-refractivity contribution in [3.05, 3.63) is 175 Å². The summed E-state index contributed by atoms with van der Waals surface area (Å²) < 4.78 is 49.3. The molecule has 1 N–H and O–H groups in total. The Morgan fingerprint density at radius 2 is 0.796 bits per heavy atom. The summed E-state index contributed by atoms with van der Waals surface area (Å²) >= 11 is 0. The second-order valence-electron chi connectivity index (χ2n) is 12.2. The Morgan fingerprint density at radius 1 is 0.426 bits per heavy atom. The molecule has 0 radical (unpaired) electrons. The standard InChI is InChI=1S/C44H28O9S/c45-32-12-4-28(5-13-32)29-6-14-33(15-7-29)50-35-20-24-38(25-21-35)54(48,49)39-26-22-36(23-27-39)51-34-16-8-30(9-17-34)31-10-18-37(19-11-31)52-41-3-1-2-40-42(41)44(47)53-43(40)46/h1-27,45H. The predicted octanol–water partition coefficient (Wildman–Crippen LogP) is 10.2. The van der Waals surface area contributed by atoms with E-state index in [0.29, 0.717) is 28.7 Å². The smallest absolute Gasteiger partial charge is 0.350 e. The molecule has 0 saturated heterocycles. The van der Waals surface area contributed by atoms with Crippen molar-refractivity contribution in [1.29, 1.82) is 0 Å². The number of fused-ring (bicyclic) bond motifs is 1. The number of carbonyl (C=O) groups is 2. The fraction of sp³-hybridized carbons (Fsp3) is 0. The second-order valence-corrected chi connectivity index (χ2v) is 14.2. The van der Waals surface area contributed by atoms with Gasteiger partial charge in [0.1, 0.15) is 45.8 Å². The Balaban J connectivity index is 0.875. The Labute approximate surface area is 310 Å². The molecule has 1 heterocycles. The lowest BCUT2D eigenvalue weighted by atomic mass is 10.1. The first-order valence-corrected chi connectivity index (χ1v) is 18.2. The minimum absolute atomic E-state index is 0.113. The van der Waals surface area contributed by atoms with Gasteiger partial charge in [-0.1, -0.05) is 54.6 Å². The molecular formula is C44H28O9S. The van der Waals surface area contributed by atoms with Crippen LogP contribution in [0.4, 0.5) is 0 Å². The number of phenols is 1. The molecule has 0 aromatic heterocycles. The minimum atomic E-state index is -3.79. The lowest BCUT2D eigenvalue weighted by Gasteiger charge is -2.11. The second kappa shape index (κ2) is 14.1. The van der Waals surface area contributed by atoms with Crippen LogP contribution in [0.15, 0.2) is 174 Å². The highest BCUT2D eigenvalue weighted by atomic mass is 32.2. The maximum atomic E-state index is 13.4. The molecule has 54 heavy (non-hydrogen) atoms. The average molecular weight is 733 g/mol. The third kappa shape index (κ3) is 7.01. The highest BCUT2D eigenvalue weighted by Crippen LogP contribution is 2.35. The molecule has 0 aliphatic carbocycles. The van der Waals surface area contributed by atoms with Crippen LogP contribution in [0.1, 0.15) is 20.7 Å². The lowest BCUT2D eigenvalue weighted by molar-refractivity contribution is 0.0443. The molecular weight excluding hydrogens is 705 g/mol. The lowest BCUT2D eigenvalue weighted by Crippen LogP contribution is -2.01. The molecule has 10 heteroatoms. The van der Waals surface area contributed by atoms with Crippen molar-refractivity contribution < 1.29 is 42.1 Å². The monoisotopic (exact) mass is 732 g/mol. The van der Waals surface area contributed by atoms with E-state index >= 15 is 0 Å². The third-order valence-electron chi connectivity index (χ3n) is 8.70. The van der Waals surface area contributed by atoms with Gasteiger partial charge in [-0.05, 0) is 131 Å². The van der Waals surface area contributed by atoms with Gasteiger partial charge < -0.3 is 24.1 Å². The predicted molar refractivity (Wildman–Crippen MR) is 200 cm³/mol. The number of esters is 2. The van der Waals surface area contributed by atoms with E-state index in [4.69, 9.17) is 18.9 Å². The summed E-state index contributed by atoms with van der Waals surface area (Å²) in [5.74, 6) is 1.65. The van der Waals surface area contributed by atoms with Gasteiger partial charge in [-0.25, -0.2) is 18.0 Å². The SMILES string of the molecule is O=C1OC(=O)c2c(Oc3ccc(-c4ccc(Oc5ccc(S(=O)(=O)c6ccc(Oc7ccc(-c8ccc(O)cc8)cc7)cc6)cc5)cc4)cc3)cccc21. The zero-order valence-corrected chi connectivity index (χ0v) is 29.0. The average Bonchev–Trinajstić information content (AvgIpc) is 3.49. The van der Waals surface area contributed by atoms with E-state index in [-0.39, 0.29) is 32.4 Å². The maximum absolute atomic E-state index is 13.4. The number of cyclic esters (lactones) is 2. The third-order valence-corrected chi connectivity index (χ3v) is 10.5. The van der Waals surface area contributed by atoms with E-state index < -0.39 is 21.8 Å². The largest absolute Gasteiger partial charge is 0.508 e. The summed E-state index contributed by atoms with van der Waals surface area (Å²) in [6.45, 7) is 0. The van der Waals surface area contributed by atoms with E-state index in [9.17, 15) is 23.1 Å². The van der Waals surface area contributed by atoms with Crippen LogP contribution < -0.4 is 14.2 Å². The fourth-order valence-electron chi connectivity index (χ4n) is 5.90. The highest BCUT2D eigenvalue weighted by Gasteiger charge is 2.33. The van der Waals surface area contributed by atoms with Crippen molar-refractivity contribution in [3.63, 3.8) is 0 Å². The van der Waals surface area contributed by atoms with Gasteiger partial charge in [0, 0.05) is 0 Å². The molecule has 9 nitrogen and oxygen atoms in total. The van der Waals surface area contributed by atoms with Crippen molar-refractivity contribution in [2.75, 3.05) is 0 Å². The molecule has 0 unspecified atom stereocenters. The molecule has 7 aromatic carbocycles. The van der Waals surface area contributed by atoms with Crippen LogP contribution in [-0.4, -0.2) is 25.5 Å². The Kier molecular flexibility index (Phi) is 8.86. The summed E-state index contributed by atoms with van der Waals surface area (Å²) in [6, 6.07) is 46.3. The van der Waals surface area contributed by atoms with Crippen LogP contribution in [-0.2, 0) is 14.6 Å². The number of benzene rings is 7. The van der Waals surface area contributed by atoms with Crippen LogP contribution in [0.25, 0.3) is 22.3 Å². The van der Waals surface area contributed by atoms with Crippen molar-refractivity contribution in [1.82, 2.24) is 0 Å². The van der Waals surface area contributed by atoms with Crippen LogP contribution in [0, 0.1) is 0 Å². The van der Waals surface area contributed by atoms with Gasteiger partial charge in [-0.15, -0.1) is 0 Å². The number of hydrogen-bond donors (Lipinski definition) is 1. The van der Waals surface area contributed by atoms with E-state index in [1.165, 1.54) is 30.3 Å². The van der Waals surface area contributed by atoms with Crippen molar-refractivity contribution in [3.8, 4) is 62.5 Å². The summed E-state index contributed by atoms with van der Waals surface area (Å²) in [4.78, 5) is 24.2. The highest BCUT2D eigenvalue weighted by molar-refractivity contribution is 7.91. The molecule has 7 aromatic rings. The molecule has 0 atom stereocenters. The first-order valence-electron chi connectivity index (χ1n) is 16.7. The molecule has 1 aliphatic heterocycles. The first kappa shape index (κ1) is 33.9. The normalized spacial score (nSPS) is 12.1.